The molecule has 1 rings (SSSR count). The van der Waals surface area contributed by atoms with Crippen molar-refractivity contribution in [3.63, 3.8) is 0 Å². The fourth-order valence-corrected chi connectivity index (χ4v) is 1.21. The number of hydrogen-bond donors (Lipinski definition) is 2. The maximum Gasteiger partial charge on any atom is 0.0736 e. The van der Waals surface area contributed by atoms with Crippen molar-refractivity contribution in [2.45, 2.75) is 6.42 Å². The predicted octanol–water partition coefficient (Wildman–Crippen LogP) is 1.13. The van der Waals surface area contributed by atoms with Crippen molar-refractivity contribution in [3.05, 3.63) is 18.5 Å². The van der Waals surface area contributed by atoms with E-state index in [1.807, 2.05) is 6.07 Å². The smallest absolute Gasteiger partial charge is 0.0736 e. The van der Waals surface area contributed by atoms with Crippen LogP contribution in [-0.4, -0.2) is 38.5 Å². The van der Waals surface area contributed by atoms with E-state index in [2.05, 4.69) is 10.3 Å². The Hall–Kier alpha value is -1.33. The number of ether oxygens (including phenoxy) is 2. The van der Waals surface area contributed by atoms with E-state index in [1.165, 1.54) is 0 Å². The minimum Gasteiger partial charge on any atom is -0.396 e. The van der Waals surface area contributed by atoms with Crippen molar-refractivity contribution in [2.24, 2.45) is 0 Å². The highest BCUT2D eigenvalue weighted by Gasteiger charge is 1.96. The van der Waals surface area contributed by atoms with Crippen molar-refractivity contribution in [2.75, 3.05) is 44.5 Å². The zero-order valence-electron chi connectivity index (χ0n) is 9.61. The molecule has 0 fully saturated rings. The van der Waals surface area contributed by atoms with E-state index in [4.69, 9.17) is 15.2 Å². The van der Waals surface area contributed by atoms with E-state index in [1.54, 1.807) is 19.5 Å². The molecule has 0 spiro atoms. The summed E-state index contributed by atoms with van der Waals surface area (Å²) in [5, 5.41) is 3.23. The molecular formula is C11H19N3O2. The lowest BCUT2D eigenvalue weighted by Crippen LogP contribution is -2.09. The molecule has 16 heavy (non-hydrogen) atoms. The van der Waals surface area contributed by atoms with E-state index in [0.29, 0.717) is 18.9 Å². The van der Waals surface area contributed by atoms with Crippen molar-refractivity contribution in [1.82, 2.24) is 4.98 Å². The Kier molecular flexibility index (Phi) is 6.29. The van der Waals surface area contributed by atoms with Gasteiger partial charge >= 0.3 is 0 Å². The van der Waals surface area contributed by atoms with Crippen LogP contribution >= 0.6 is 0 Å². The van der Waals surface area contributed by atoms with Gasteiger partial charge in [0.2, 0.25) is 0 Å². The Morgan fingerprint density at radius 1 is 1.38 bits per heavy atom. The Balaban J connectivity index is 2.05. The molecule has 90 valence electrons. The lowest BCUT2D eigenvalue weighted by molar-refractivity contribution is 0.0705. The number of rotatable bonds is 8. The third kappa shape index (κ3) is 4.95. The number of nitrogen functional groups attached to an aromatic ring is 1. The van der Waals surface area contributed by atoms with Crippen LogP contribution in [0.25, 0.3) is 0 Å². The Bertz CT molecular complexity index is 294. The van der Waals surface area contributed by atoms with Gasteiger partial charge in [0.1, 0.15) is 0 Å². The second-order valence-electron chi connectivity index (χ2n) is 3.35. The Morgan fingerprint density at radius 3 is 3.00 bits per heavy atom. The van der Waals surface area contributed by atoms with Crippen LogP contribution in [0.1, 0.15) is 6.42 Å². The van der Waals surface area contributed by atoms with E-state index >= 15 is 0 Å². The normalized spacial score (nSPS) is 10.3. The summed E-state index contributed by atoms with van der Waals surface area (Å²) in [5.41, 5.74) is 7.32. The highest BCUT2D eigenvalue weighted by molar-refractivity contribution is 5.63. The topological polar surface area (TPSA) is 69.4 Å². The van der Waals surface area contributed by atoms with Gasteiger partial charge in [0.25, 0.3) is 0 Å². The van der Waals surface area contributed by atoms with Crippen LogP contribution in [0.3, 0.4) is 0 Å². The molecule has 1 aromatic rings. The van der Waals surface area contributed by atoms with Gasteiger partial charge in [-0.25, -0.2) is 0 Å². The van der Waals surface area contributed by atoms with Gasteiger partial charge in [0.05, 0.1) is 30.8 Å². The van der Waals surface area contributed by atoms with Crippen LogP contribution in [0.5, 0.6) is 0 Å². The van der Waals surface area contributed by atoms with Crippen molar-refractivity contribution < 1.29 is 9.47 Å². The number of hydrogen-bond acceptors (Lipinski definition) is 5. The van der Waals surface area contributed by atoms with Crippen molar-refractivity contribution in [3.8, 4) is 0 Å². The first kappa shape index (κ1) is 12.7. The number of methoxy groups -OCH3 is 1. The zero-order valence-corrected chi connectivity index (χ0v) is 9.61. The molecule has 3 N–H and O–H groups in total. The lowest BCUT2D eigenvalue weighted by Gasteiger charge is -2.08. The average Bonchev–Trinajstić information content (AvgIpc) is 2.30. The van der Waals surface area contributed by atoms with Gasteiger partial charge in [-0.15, -0.1) is 0 Å². The summed E-state index contributed by atoms with van der Waals surface area (Å²) in [7, 11) is 1.66. The summed E-state index contributed by atoms with van der Waals surface area (Å²) in [6.45, 7) is 2.85. The minimum absolute atomic E-state index is 0.644. The molecule has 0 aliphatic heterocycles. The van der Waals surface area contributed by atoms with E-state index in [-0.39, 0.29) is 0 Å². The zero-order chi connectivity index (χ0) is 11.6. The molecule has 0 amide bonds. The van der Waals surface area contributed by atoms with Crippen LogP contribution in [0.2, 0.25) is 0 Å². The summed E-state index contributed by atoms with van der Waals surface area (Å²) in [6, 6.07) is 1.86. The molecular weight excluding hydrogens is 206 g/mol. The lowest BCUT2D eigenvalue weighted by atomic mass is 10.3. The van der Waals surface area contributed by atoms with Gasteiger partial charge < -0.3 is 20.5 Å². The Morgan fingerprint density at radius 2 is 2.25 bits per heavy atom. The fourth-order valence-electron chi connectivity index (χ4n) is 1.21. The second kappa shape index (κ2) is 7.90. The van der Waals surface area contributed by atoms with Crippen molar-refractivity contribution in [1.29, 1.82) is 0 Å². The molecule has 0 saturated carbocycles. The van der Waals surface area contributed by atoms with Gasteiger partial charge in [-0.2, -0.15) is 0 Å². The van der Waals surface area contributed by atoms with Gasteiger partial charge in [-0.1, -0.05) is 0 Å². The van der Waals surface area contributed by atoms with Gasteiger partial charge in [0, 0.05) is 26.5 Å². The maximum absolute atomic E-state index is 5.73. The van der Waals surface area contributed by atoms with Crippen molar-refractivity contribution >= 4 is 11.4 Å². The highest BCUT2D eigenvalue weighted by atomic mass is 16.5. The third-order valence-electron chi connectivity index (χ3n) is 2.06. The largest absolute Gasteiger partial charge is 0.396 e. The predicted molar refractivity (Wildman–Crippen MR) is 64.5 cm³/mol. The molecule has 1 aromatic heterocycles. The van der Waals surface area contributed by atoms with Crippen LogP contribution in [0, 0.1) is 0 Å². The monoisotopic (exact) mass is 225 g/mol. The molecule has 0 radical (unpaired) electrons. The molecule has 0 aliphatic rings. The molecule has 0 aromatic carbocycles. The molecule has 0 saturated heterocycles. The average molecular weight is 225 g/mol. The number of pyridine rings is 1. The first-order valence-electron chi connectivity index (χ1n) is 5.34. The SMILES string of the molecule is COCCOCCCNc1ccncc1N. The summed E-state index contributed by atoms with van der Waals surface area (Å²) in [5.74, 6) is 0. The summed E-state index contributed by atoms with van der Waals surface area (Å²) >= 11 is 0. The first-order valence-corrected chi connectivity index (χ1v) is 5.34. The van der Waals surface area contributed by atoms with Gasteiger partial charge in [0.15, 0.2) is 0 Å². The quantitative estimate of drug-likeness (QED) is 0.649. The first-order chi connectivity index (χ1) is 7.84. The molecule has 1 heterocycles. The number of nitrogens with two attached hydrogens (primary N) is 1. The molecule has 5 heteroatoms. The molecule has 0 bridgehead atoms. The number of nitrogens with zero attached hydrogens (tertiary/aromatic N) is 1. The number of anilines is 2. The van der Waals surface area contributed by atoms with E-state index in [0.717, 1.165) is 25.3 Å². The Labute approximate surface area is 96.0 Å². The number of aromatic nitrogens is 1. The fraction of sp³-hybridized carbons (Fsp3) is 0.545. The minimum atomic E-state index is 0.644. The van der Waals surface area contributed by atoms with Crippen LogP contribution in [0.4, 0.5) is 11.4 Å². The summed E-state index contributed by atoms with van der Waals surface area (Å²) in [6.07, 6.45) is 4.29. The van der Waals surface area contributed by atoms with Gasteiger partial charge in [-0.05, 0) is 12.5 Å². The van der Waals surface area contributed by atoms with Crippen LogP contribution < -0.4 is 11.1 Å². The number of nitrogens with one attached hydrogen (secondary N) is 1. The standard InChI is InChI=1S/C11H19N3O2/c1-15-7-8-16-6-2-4-14-11-3-5-13-9-10(11)12/h3,5,9H,2,4,6-8,12H2,1H3,(H,13,14). The molecule has 0 aliphatic carbocycles. The summed E-state index contributed by atoms with van der Waals surface area (Å²) in [4.78, 5) is 3.92. The van der Waals surface area contributed by atoms with Crippen LogP contribution in [-0.2, 0) is 9.47 Å². The van der Waals surface area contributed by atoms with Crippen LogP contribution in [0.15, 0.2) is 18.5 Å². The molecule has 0 unspecified atom stereocenters. The summed E-state index contributed by atoms with van der Waals surface area (Å²) < 4.78 is 10.2. The van der Waals surface area contributed by atoms with Gasteiger partial charge in [-0.3, -0.25) is 4.98 Å². The van der Waals surface area contributed by atoms with E-state index < -0.39 is 0 Å². The molecule has 0 atom stereocenters. The second-order valence-corrected chi connectivity index (χ2v) is 3.35. The maximum atomic E-state index is 5.73. The molecule has 5 nitrogen and oxygen atoms in total. The third-order valence-corrected chi connectivity index (χ3v) is 2.06. The van der Waals surface area contributed by atoms with E-state index in [9.17, 15) is 0 Å². The highest BCUT2D eigenvalue weighted by Crippen LogP contribution is 2.14.